The molecule has 17 heavy (non-hydrogen) atoms. The predicted molar refractivity (Wildman–Crippen MR) is 81.9 cm³/mol. The zero-order valence-corrected chi connectivity index (χ0v) is 12.0. The Morgan fingerprint density at radius 1 is 1.24 bits per heavy atom. The van der Waals surface area contributed by atoms with Gasteiger partial charge in [0.25, 0.3) is 0 Å². The van der Waals surface area contributed by atoms with Gasteiger partial charge in [0.15, 0.2) is 0 Å². The van der Waals surface area contributed by atoms with Crippen LogP contribution in [0.4, 0.5) is 0 Å². The minimum absolute atomic E-state index is 1.07. The second kappa shape index (κ2) is 12.7. The van der Waals surface area contributed by atoms with Crippen molar-refractivity contribution in [3.05, 3.63) is 48.0 Å². The van der Waals surface area contributed by atoms with Crippen LogP contribution in [0, 0.1) is 0 Å². The van der Waals surface area contributed by atoms with Crippen LogP contribution in [-0.2, 0) is 0 Å². The van der Waals surface area contributed by atoms with Gasteiger partial charge in [0.05, 0.1) is 0 Å². The Morgan fingerprint density at radius 2 is 1.76 bits per heavy atom. The first-order valence-corrected chi connectivity index (χ1v) is 6.28. The molecule has 0 aliphatic heterocycles. The van der Waals surface area contributed by atoms with Crippen LogP contribution in [0.15, 0.2) is 36.9 Å². The molecule has 0 fully saturated rings. The van der Waals surface area contributed by atoms with Crippen LogP contribution in [0.2, 0.25) is 0 Å². The molecule has 0 heterocycles. The summed E-state index contributed by atoms with van der Waals surface area (Å²) in [5.74, 6) is 0. The fourth-order valence-electron chi connectivity index (χ4n) is 1.52. The molecule has 0 spiro atoms. The molecule has 1 nitrogen and oxygen atoms in total. The summed E-state index contributed by atoms with van der Waals surface area (Å²) in [6.45, 7) is 12.1. The quantitative estimate of drug-likeness (QED) is 0.801. The lowest BCUT2D eigenvalue weighted by molar-refractivity contribution is 1.23. The van der Waals surface area contributed by atoms with E-state index in [0.29, 0.717) is 0 Å². The predicted octanol–water partition coefficient (Wildman–Crippen LogP) is 4.74. The second-order valence-corrected chi connectivity index (χ2v) is 2.96. The highest BCUT2D eigenvalue weighted by atomic mass is 14.4. The van der Waals surface area contributed by atoms with E-state index in [4.69, 9.17) is 0 Å². The highest BCUT2D eigenvalue weighted by molar-refractivity contribution is 5.73. The van der Waals surface area contributed by atoms with Gasteiger partial charge in [-0.15, -0.1) is 0 Å². The van der Waals surface area contributed by atoms with Gasteiger partial charge in [-0.3, -0.25) is 0 Å². The standard InChI is InChI=1S/C13H16.C2H6.CH5N/c1-4-11(5-2)13-10-8-7-9-12(13)6-3;2*1-2/h4,6-10H,3,5H2,1-2H3;1-2H3;2H2,1H3/b11-4-;;. The SMILES string of the molecule is C=Cc1ccccc1/C(=C\C)CC.CC.CN. The summed E-state index contributed by atoms with van der Waals surface area (Å²) in [5.41, 5.74) is 8.41. The van der Waals surface area contributed by atoms with Crippen molar-refractivity contribution >= 4 is 11.6 Å². The van der Waals surface area contributed by atoms with Gasteiger partial charge in [-0.1, -0.05) is 63.8 Å². The van der Waals surface area contributed by atoms with Crippen LogP contribution in [0.1, 0.15) is 45.2 Å². The van der Waals surface area contributed by atoms with Crippen molar-refractivity contribution in [2.24, 2.45) is 5.73 Å². The summed E-state index contributed by atoms with van der Waals surface area (Å²) in [6.07, 6.45) is 5.15. The molecule has 0 radical (unpaired) electrons. The molecule has 0 atom stereocenters. The van der Waals surface area contributed by atoms with Crippen molar-refractivity contribution in [3.63, 3.8) is 0 Å². The van der Waals surface area contributed by atoms with Crippen LogP contribution in [0.25, 0.3) is 11.6 Å². The summed E-state index contributed by atoms with van der Waals surface area (Å²) < 4.78 is 0. The third-order valence-corrected chi connectivity index (χ3v) is 2.26. The van der Waals surface area contributed by atoms with E-state index >= 15 is 0 Å². The molecule has 1 rings (SSSR count). The maximum atomic E-state index is 4.50. The van der Waals surface area contributed by atoms with Crippen LogP contribution in [0.5, 0.6) is 0 Å². The number of hydrogen-bond acceptors (Lipinski definition) is 1. The number of hydrogen-bond donors (Lipinski definition) is 1. The lowest BCUT2D eigenvalue weighted by Crippen LogP contribution is -1.86. The van der Waals surface area contributed by atoms with Gasteiger partial charge >= 0.3 is 0 Å². The summed E-state index contributed by atoms with van der Waals surface area (Å²) in [6, 6.07) is 8.36. The summed E-state index contributed by atoms with van der Waals surface area (Å²) >= 11 is 0. The fraction of sp³-hybridized carbons (Fsp3) is 0.375. The monoisotopic (exact) mass is 233 g/mol. The van der Waals surface area contributed by atoms with Crippen LogP contribution in [-0.4, -0.2) is 7.05 Å². The maximum absolute atomic E-state index is 4.50. The normalized spacial score (nSPS) is 9.41. The molecule has 0 saturated carbocycles. The van der Waals surface area contributed by atoms with E-state index in [1.165, 1.54) is 23.7 Å². The van der Waals surface area contributed by atoms with E-state index in [-0.39, 0.29) is 0 Å². The average Bonchev–Trinajstić information content (AvgIpc) is 2.45. The van der Waals surface area contributed by atoms with E-state index in [2.05, 4.69) is 50.4 Å². The fourth-order valence-corrected chi connectivity index (χ4v) is 1.52. The summed E-state index contributed by atoms with van der Waals surface area (Å²) in [7, 11) is 1.50. The molecular formula is C16H27N. The van der Waals surface area contributed by atoms with E-state index in [0.717, 1.165) is 6.42 Å². The molecule has 0 aliphatic carbocycles. The molecule has 0 saturated heterocycles. The van der Waals surface area contributed by atoms with Crippen molar-refractivity contribution in [3.8, 4) is 0 Å². The van der Waals surface area contributed by atoms with Gasteiger partial charge in [-0.2, -0.15) is 0 Å². The number of nitrogens with two attached hydrogens (primary N) is 1. The van der Waals surface area contributed by atoms with Gasteiger partial charge in [0.2, 0.25) is 0 Å². The topological polar surface area (TPSA) is 26.0 Å². The lowest BCUT2D eigenvalue weighted by Gasteiger charge is -2.07. The summed E-state index contributed by atoms with van der Waals surface area (Å²) in [5, 5.41) is 0. The van der Waals surface area contributed by atoms with Gasteiger partial charge in [-0.05, 0) is 37.1 Å². The largest absolute Gasteiger partial charge is 0.333 e. The lowest BCUT2D eigenvalue weighted by atomic mass is 9.98. The first kappa shape index (κ1) is 18.0. The number of rotatable bonds is 3. The molecule has 1 heteroatoms. The Kier molecular flexibility index (Phi) is 13.5. The van der Waals surface area contributed by atoms with Crippen molar-refractivity contribution in [2.75, 3.05) is 7.05 Å². The van der Waals surface area contributed by atoms with Crippen molar-refractivity contribution in [1.82, 2.24) is 0 Å². The molecule has 96 valence electrons. The second-order valence-electron chi connectivity index (χ2n) is 2.96. The summed E-state index contributed by atoms with van der Waals surface area (Å²) in [4.78, 5) is 0. The van der Waals surface area contributed by atoms with Crippen LogP contribution in [0.3, 0.4) is 0 Å². The van der Waals surface area contributed by atoms with E-state index in [1.807, 2.05) is 26.0 Å². The highest BCUT2D eigenvalue weighted by Crippen LogP contribution is 2.22. The Balaban J connectivity index is 0. The third kappa shape index (κ3) is 6.08. The number of allylic oxidation sites excluding steroid dienone is 2. The van der Waals surface area contributed by atoms with Gasteiger partial charge in [0.1, 0.15) is 0 Å². The Hall–Kier alpha value is -1.34. The van der Waals surface area contributed by atoms with E-state index in [9.17, 15) is 0 Å². The number of benzene rings is 1. The molecule has 0 bridgehead atoms. The van der Waals surface area contributed by atoms with Gasteiger partial charge < -0.3 is 5.73 Å². The zero-order chi connectivity index (χ0) is 13.7. The third-order valence-electron chi connectivity index (χ3n) is 2.26. The molecule has 1 aromatic carbocycles. The van der Waals surface area contributed by atoms with Crippen LogP contribution >= 0.6 is 0 Å². The van der Waals surface area contributed by atoms with Gasteiger partial charge in [0, 0.05) is 0 Å². The Morgan fingerprint density at radius 3 is 2.18 bits per heavy atom. The molecule has 0 unspecified atom stereocenters. The van der Waals surface area contributed by atoms with Gasteiger partial charge in [-0.25, -0.2) is 0 Å². The molecule has 0 amide bonds. The van der Waals surface area contributed by atoms with Crippen molar-refractivity contribution in [1.29, 1.82) is 0 Å². The minimum atomic E-state index is 1.07. The smallest absolute Gasteiger partial charge is 0.0156 e. The first-order chi connectivity index (χ1) is 8.33. The minimum Gasteiger partial charge on any atom is -0.333 e. The Labute approximate surface area is 107 Å². The van der Waals surface area contributed by atoms with Crippen LogP contribution < -0.4 is 5.73 Å². The first-order valence-electron chi connectivity index (χ1n) is 6.28. The molecule has 0 aliphatic rings. The van der Waals surface area contributed by atoms with Crippen molar-refractivity contribution in [2.45, 2.75) is 34.1 Å². The average molecular weight is 233 g/mol. The molecule has 2 N–H and O–H groups in total. The van der Waals surface area contributed by atoms with Crippen molar-refractivity contribution < 1.29 is 0 Å². The van der Waals surface area contributed by atoms with E-state index < -0.39 is 0 Å². The zero-order valence-electron chi connectivity index (χ0n) is 12.0. The molecule has 0 aromatic heterocycles. The maximum Gasteiger partial charge on any atom is -0.0156 e. The molecular weight excluding hydrogens is 206 g/mol. The highest BCUT2D eigenvalue weighted by Gasteiger charge is 2.00. The molecule has 1 aromatic rings. The Bertz CT molecular complexity index is 324. The van der Waals surface area contributed by atoms with E-state index in [1.54, 1.807) is 0 Å².